The largest absolute Gasteiger partial charge is 0.291 e. The lowest BCUT2D eigenvalue weighted by Crippen LogP contribution is -2.49. The molecule has 112 valence electrons. The molecule has 1 saturated heterocycles. The summed E-state index contributed by atoms with van der Waals surface area (Å²) in [6.07, 6.45) is 7.28. The van der Waals surface area contributed by atoms with Gasteiger partial charge in [-0.05, 0) is 33.6 Å². The van der Waals surface area contributed by atoms with Crippen LogP contribution in [0.5, 0.6) is 0 Å². The van der Waals surface area contributed by atoms with Crippen molar-refractivity contribution < 1.29 is 0 Å². The van der Waals surface area contributed by atoms with E-state index in [9.17, 15) is 0 Å². The zero-order valence-electron chi connectivity index (χ0n) is 12.9. The molecule has 3 rings (SSSR count). The molecule has 0 spiro atoms. The van der Waals surface area contributed by atoms with Crippen molar-refractivity contribution in [1.82, 2.24) is 19.7 Å². The minimum atomic E-state index is 0.0162. The van der Waals surface area contributed by atoms with E-state index in [1.54, 1.807) is 6.33 Å². The quantitative estimate of drug-likeness (QED) is 0.840. The van der Waals surface area contributed by atoms with Crippen LogP contribution in [0.2, 0.25) is 0 Å². The Kier molecular flexibility index (Phi) is 4.09. The molecule has 2 atom stereocenters. The number of hydrogen-bond acceptors (Lipinski definition) is 4. The lowest BCUT2D eigenvalue weighted by molar-refractivity contribution is 0.146. The second kappa shape index (κ2) is 5.68. The van der Waals surface area contributed by atoms with Gasteiger partial charge in [-0.3, -0.25) is 4.90 Å². The van der Waals surface area contributed by atoms with E-state index in [-0.39, 0.29) is 5.54 Å². The fourth-order valence-electron chi connectivity index (χ4n) is 3.49. The molecule has 1 aliphatic heterocycles. The molecule has 1 aliphatic carbocycles. The number of hydrogen-bond donors (Lipinski definition) is 0. The van der Waals surface area contributed by atoms with E-state index in [1.165, 1.54) is 38.0 Å². The van der Waals surface area contributed by atoms with Crippen LogP contribution in [0.3, 0.4) is 0 Å². The second-order valence-corrected chi connectivity index (χ2v) is 8.34. The van der Waals surface area contributed by atoms with Gasteiger partial charge in [-0.2, -0.15) is 16.9 Å². The molecule has 0 aromatic carbocycles. The highest BCUT2D eigenvalue weighted by atomic mass is 32.2. The summed E-state index contributed by atoms with van der Waals surface area (Å²) in [6, 6.07) is 0.757. The zero-order chi connectivity index (χ0) is 14.2. The van der Waals surface area contributed by atoms with Crippen molar-refractivity contribution in [3.05, 3.63) is 12.2 Å². The van der Waals surface area contributed by atoms with Gasteiger partial charge < -0.3 is 0 Å². The first-order chi connectivity index (χ1) is 9.55. The third-order valence-corrected chi connectivity index (χ3v) is 5.84. The van der Waals surface area contributed by atoms with E-state index in [1.807, 2.05) is 0 Å². The van der Waals surface area contributed by atoms with Crippen LogP contribution < -0.4 is 0 Å². The summed E-state index contributed by atoms with van der Waals surface area (Å²) in [5, 5.41) is 5.28. The Bertz CT molecular complexity index is 449. The van der Waals surface area contributed by atoms with E-state index in [2.05, 4.69) is 52.2 Å². The van der Waals surface area contributed by atoms with E-state index in [0.29, 0.717) is 0 Å². The summed E-state index contributed by atoms with van der Waals surface area (Å²) in [6.45, 7) is 8.74. The minimum Gasteiger partial charge on any atom is -0.291 e. The van der Waals surface area contributed by atoms with Gasteiger partial charge in [-0.25, -0.2) is 9.67 Å². The average Bonchev–Trinajstić information content (AvgIpc) is 2.87. The molecular weight excluding hydrogens is 268 g/mol. The fourth-order valence-corrected chi connectivity index (χ4v) is 4.99. The summed E-state index contributed by atoms with van der Waals surface area (Å²) in [5.41, 5.74) is 0.0162. The Hall–Kier alpha value is -0.550. The maximum absolute atomic E-state index is 4.52. The molecule has 1 saturated carbocycles. The van der Waals surface area contributed by atoms with Crippen LogP contribution in [0.25, 0.3) is 0 Å². The van der Waals surface area contributed by atoms with E-state index < -0.39 is 0 Å². The van der Waals surface area contributed by atoms with E-state index in [4.69, 9.17) is 0 Å². The zero-order valence-corrected chi connectivity index (χ0v) is 13.7. The van der Waals surface area contributed by atoms with Crippen LogP contribution in [0.15, 0.2) is 6.33 Å². The first kappa shape index (κ1) is 14.4. The van der Waals surface area contributed by atoms with Crippen LogP contribution in [0, 0.1) is 0 Å². The third kappa shape index (κ3) is 2.89. The number of fused-ring (bicyclic) bond motifs is 1. The second-order valence-electron chi connectivity index (χ2n) is 6.99. The van der Waals surface area contributed by atoms with Gasteiger partial charge >= 0.3 is 0 Å². The molecule has 2 aliphatic rings. The van der Waals surface area contributed by atoms with Gasteiger partial charge in [0.2, 0.25) is 0 Å². The van der Waals surface area contributed by atoms with Gasteiger partial charge in [0.1, 0.15) is 12.2 Å². The lowest BCUT2D eigenvalue weighted by Gasteiger charge is -2.43. The Labute approximate surface area is 126 Å². The summed E-state index contributed by atoms with van der Waals surface area (Å²) in [7, 11) is 0. The highest BCUT2D eigenvalue weighted by Gasteiger charge is 2.34. The van der Waals surface area contributed by atoms with Crippen LogP contribution in [-0.4, -0.2) is 43.3 Å². The first-order valence-electron chi connectivity index (χ1n) is 7.81. The van der Waals surface area contributed by atoms with E-state index >= 15 is 0 Å². The molecule has 1 aromatic rings. The Morgan fingerprint density at radius 3 is 2.90 bits per heavy atom. The molecule has 5 heteroatoms. The molecule has 0 N–H and O–H groups in total. The molecule has 4 nitrogen and oxygen atoms in total. The van der Waals surface area contributed by atoms with E-state index in [0.717, 1.165) is 23.7 Å². The predicted octanol–water partition coefficient (Wildman–Crippen LogP) is 2.89. The number of nitrogens with zero attached hydrogens (tertiary/aromatic N) is 4. The van der Waals surface area contributed by atoms with Gasteiger partial charge in [-0.15, -0.1) is 0 Å². The summed E-state index contributed by atoms with van der Waals surface area (Å²) >= 11 is 2.19. The highest BCUT2D eigenvalue weighted by Crippen LogP contribution is 2.36. The number of thioether (sulfide) groups is 1. The average molecular weight is 294 g/mol. The van der Waals surface area contributed by atoms with Gasteiger partial charge in [0.05, 0.1) is 12.1 Å². The third-order valence-electron chi connectivity index (χ3n) is 4.45. The van der Waals surface area contributed by atoms with Crippen LogP contribution in [0.1, 0.15) is 52.3 Å². The van der Waals surface area contributed by atoms with Gasteiger partial charge in [-0.1, -0.05) is 12.8 Å². The normalized spacial score (nSPS) is 28.4. The van der Waals surface area contributed by atoms with Crippen LogP contribution >= 0.6 is 11.8 Å². The fraction of sp³-hybridized carbons (Fsp3) is 0.867. The molecule has 2 unspecified atom stereocenters. The van der Waals surface area contributed by atoms with Crippen molar-refractivity contribution in [3.63, 3.8) is 0 Å². The van der Waals surface area contributed by atoms with Crippen molar-refractivity contribution >= 4 is 11.8 Å². The maximum Gasteiger partial charge on any atom is 0.141 e. The van der Waals surface area contributed by atoms with Gasteiger partial charge in [0.25, 0.3) is 0 Å². The van der Waals surface area contributed by atoms with Crippen molar-refractivity contribution in [3.8, 4) is 0 Å². The summed E-state index contributed by atoms with van der Waals surface area (Å²) in [4.78, 5) is 7.18. The molecule has 2 fully saturated rings. The number of aromatic nitrogens is 3. The molecule has 1 aromatic heterocycles. The molecular formula is C15H26N4S. The molecule has 2 heterocycles. The van der Waals surface area contributed by atoms with Crippen molar-refractivity contribution in [2.45, 2.75) is 69.8 Å². The van der Waals surface area contributed by atoms with Crippen molar-refractivity contribution in [1.29, 1.82) is 0 Å². The number of rotatable bonds is 2. The SMILES string of the molecule is CC(C)(C)n1ncnc1CN1CCSC2CCCCC21. The lowest BCUT2D eigenvalue weighted by atomic mass is 9.93. The summed E-state index contributed by atoms with van der Waals surface area (Å²) < 4.78 is 2.09. The monoisotopic (exact) mass is 294 g/mol. The smallest absolute Gasteiger partial charge is 0.141 e. The van der Waals surface area contributed by atoms with Crippen molar-refractivity contribution in [2.24, 2.45) is 0 Å². The topological polar surface area (TPSA) is 34.0 Å². The first-order valence-corrected chi connectivity index (χ1v) is 8.85. The maximum atomic E-state index is 4.52. The minimum absolute atomic E-state index is 0.0162. The van der Waals surface area contributed by atoms with Gasteiger partial charge in [0, 0.05) is 23.6 Å². The molecule has 20 heavy (non-hydrogen) atoms. The Morgan fingerprint density at radius 1 is 1.30 bits per heavy atom. The Balaban J connectivity index is 1.75. The predicted molar refractivity (Wildman–Crippen MR) is 83.9 cm³/mol. The Morgan fingerprint density at radius 2 is 2.10 bits per heavy atom. The van der Waals surface area contributed by atoms with Crippen molar-refractivity contribution in [2.75, 3.05) is 12.3 Å². The summed E-state index contributed by atoms with van der Waals surface area (Å²) in [5.74, 6) is 2.39. The standard InChI is InChI=1S/C15H26N4S/c1-15(2,3)19-14(16-11-17-19)10-18-8-9-20-13-7-5-4-6-12(13)18/h11-13H,4-10H2,1-3H3. The van der Waals surface area contributed by atoms with Crippen LogP contribution in [0.4, 0.5) is 0 Å². The molecule has 0 bridgehead atoms. The van der Waals surface area contributed by atoms with Crippen LogP contribution in [-0.2, 0) is 12.1 Å². The molecule has 0 amide bonds. The molecule has 0 radical (unpaired) electrons. The van der Waals surface area contributed by atoms with Gasteiger partial charge in [0.15, 0.2) is 0 Å². The highest BCUT2D eigenvalue weighted by molar-refractivity contribution is 8.00.